The van der Waals surface area contributed by atoms with E-state index in [1.54, 1.807) is 18.2 Å². The summed E-state index contributed by atoms with van der Waals surface area (Å²) in [6, 6.07) is 5.01. The van der Waals surface area contributed by atoms with Gasteiger partial charge in [-0.3, -0.25) is 14.6 Å². The van der Waals surface area contributed by atoms with Gasteiger partial charge >= 0.3 is 0 Å². The smallest absolute Gasteiger partial charge is 0.258 e. The van der Waals surface area contributed by atoms with Crippen molar-refractivity contribution in [3.05, 3.63) is 49.7 Å². The maximum atomic E-state index is 12.1. The predicted molar refractivity (Wildman–Crippen MR) is 80.8 cm³/mol. The summed E-state index contributed by atoms with van der Waals surface area (Å²) in [5.41, 5.74) is 6.20. The number of hydrogen-bond donors (Lipinski definition) is 3. The lowest BCUT2D eigenvalue weighted by Gasteiger charge is -2.24. The van der Waals surface area contributed by atoms with E-state index < -0.39 is 5.92 Å². The molecule has 0 fully saturated rings. The summed E-state index contributed by atoms with van der Waals surface area (Å²) in [6.07, 6.45) is 0.125. The summed E-state index contributed by atoms with van der Waals surface area (Å²) < 4.78 is 0. The zero-order valence-corrected chi connectivity index (χ0v) is 12.1. The second-order valence-corrected chi connectivity index (χ2v) is 5.51. The first-order valence-electron chi connectivity index (χ1n) is 6.10. The highest BCUT2D eigenvalue weighted by Crippen LogP contribution is 2.36. The third-order valence-electron chi connectivity index (χ3n) is 3.32. The van der Waals surface area contributed by atoms with Crippen LogP contribution in [0.5, 0.6) is 0 Å². The van der Waals surface area contributed by atoms with Gasteiger partial charge in [0.1, 0.15) is 5.82 Å². The van der Waals surface area contributed by atoms with Crippen molar-refractivity contribution in [2.45, 2.75) is 12.3 Å². The molecule has 1 aromatic carbocycles. The van der Waals surface area contributed by atoms with E-state index >= 15 is 0 Å². The van der Waals surface area contributed by atoms with Crippen LogP contribution in [0.3, 0.4) is 0 Å². The number of carbonyl (C=O) groups excluding carboxylic acids is 1. The van der Waals surface area contributed by atoms with Gasteiger partial charge in [-0.25, -0.2) is 0 Å². The molecule has 1 aliphatic heterocycles. The monoisotopic (exact) mass is 324 g/mol. The summed E-state index contributed by atoms with van der Waals surface area (Å²) in [5, 5.41) is 3.33. The molecule has 8 heteroatoms. The van der Waals surface area contributed by atoms with Crippen LogP contribution in [0.2, 0.25) is 10.0 Å². The lowest BCUT2D eigenvalue weighted by atomic mass is 9.87. The number of fused-ring (bicyclic) bond motifs is 1. The van der Waals surface area contributed by atoms with Crippen molar-refractivity contribution in [3.8, 4) is 0 Å². The van der Waals surface area contributed by atoms with Crippen LogP contribution in [-0.4, -0.2) is 15.9 Å². The molecule has 1 unspecified atom stereocenters. The van der Waals surface area contributed by atoms with Gasteiger partial charge in [-0.15, -0.1) is 0 Å². The van der Waals surface area contributed by atoms with E-state index in [1.165, 1.54) is 0 Å². The zero-order valence-electron chi connectivity index (χ0n) is 10.6. The molecule has 108 valence electrons. The molecular formula is C13H10Cl2N4O2. The first kappa shape index (κ1) is 13.9. The van der Waals surface area contributed by atoms with Gasteiger partial charge in [0.2, 0.25) is 11.9 Å². The van der Waals surface area contributed by atoms with Gasteiger partial charge < -0.3 is 11.1 Å². The Kier molecular flexibility index (Phi) is 3.35. The van der Waals surface area contributed by atoms with Crippen LogP contribution in [0.25, 0.3) is 0 Å². The van der Waals surface area contributed by atoms with E-state index in [2.05, 4.69) is 15.3 Å². The van der Waals surface area contributed by atoms with E-state index in [0.29, 0.717) is 15.6 Å². The van der Waals surface area contributed by atoms with Gasteiger partial charge in [-0.2, -0.15) is 4.98 Å². The Morgan fingerprint density at radius 2 is 2.00 bits per heavy atom. The number of aromatic amines is 1. The SMILES string of the molecule is Nc1nc2c(c(=O)[nH]1)C(c1ccc(Cl)c(Cl)c1)CC(=O)N2. The number of halogens is 2. The number of benzene rings is 1. The number of nitrogens with zero attached hydrogens (tertiary/aromatic N) is 1. The first-order valence-corrected chi connectivity index (χ1v) is 6.86. The number of anilines is 2. The van der Waals surface area contributed by atoms with Crippen molar-refractivity contribution < 1.29 is 4.79 Å². The number of H-pyrrole nitrogens is 1. The van der Waals surface area contributed by atoms with E-state index in [4.69, 9.17) is 28.9 Å². The minimum atomic E-state index is -0.444. The largest absolute Gasteiger partial charge is 0.369 e. The summed E-state index contributed by atoms with van der Waals surface area (Å²) in [5.74, 6) is -0.547. The molecule has 0 saturated carbocycles. The molecule has 2 heterocycles. The number of amides is 1. The normalized spacial score (nSPS) is 17.2. The fourth-order valence-electron chi connectivity index (χ4n) is 2.40. The molecule has 1 atom stereocenters. The van der Waals surface area contributed by atoms with Crippen molar-refractivity contribution in [3.63, 3.8) is 0 Å². The van der Waals surface area contributed by atoms with Gasteiger partial charge in [-0.05, 0) is 17.7 Å². The minimum Gasteiger partial charge on any atom is -0.369 e. The first-order chi connectivity index (χ1) is 9.95. The number of carbonyl (C=O) groups is 1. The molecule has 4 N–H and O–H groups in total. The van der Waals surface area contributed by atoms with Crippen LogP contribution < -0.4 is 16.6 Å². The quantitative estimate of drug-likeness (QED) is 0.747. The van der Waals surface area contributed by atoms with Crippen molar-refractivity contribution >= 4 is 40.9 Å². The molecule has 0 bridgehead atoms. The van der Waals surface area contributed by atoms with Gasteiger partial charge in [0.25, 0.3) is 5.56 Å². The number of nitrogens with two attached hydrogens (primary N) is 1. The maximum absolute atomic E-state index is 12.1. The molecule has 0 saturated heterocycles. The van der Waals surface area contributed by atoms with Crippen LogP contribution in [0.1, 0.15) is 23.5 Å². The molecule has 3 rings (SSSR count). The molecular weight excluding hydrogens is 315 g/mol. The number of nitrogen functional groups attached to an aromatic ring is 1. The fraction of sp³-hybridized carbons (Fsp3) is 0.154. The predicted octanol–water partition coefficient (Wildman–Crippen LogP) is 2.13. The van der Waals surface area contributed by atoms with Crippen molar-refractivity contribution in [2.75, 3.05) is 11.1 Å². The number of rotatable bonds is 1. The molecule has 0 aliphatic carbocycles. The average Bonchev–Trinajstić information content (AvgIpc) is 2.40. The van der Waals surface area contributed by atoms with Gasteiger partial charge in [-0.1, -0.05) is 29.3 Å². The van der Waals surface area contributed by atoms with Crippen LogP contribution in [0.4, 0.5) is 11.8 Å². The number of hydrogen-bond acceptors (Lipinski definition) is 4. The molecule has 0 radical (unpaired) electrons. The van der Waals surface area contributed by atoms with E-state index in [9.17, 15) is 9.59 Å². The molecule has 6 nitrogen and oxygen atoms in total. The zero-order chi connectivity index (χ0) is 15.1. The van der Waals surface area contributed by atoms with E-state index in [-0.39, 0.29) is 29.7 Å². The highest BCUT2D eigenvalue weighted by atomic mass is 35.5. The molecule has 0 spiro atoms. The van der Waals surface area contributed by atoms with E-state index in [1.807, 2.05) is 0 Å². The van der Waals surface area contributed by atoms with Crippen molar-refractivity contribution in [2.24, 2.45) is 0 Å². The Labute approximate surface area is 129 Å². The standard InChI is InChI=1S/C13H10Cl2N4O2/c14-7-2-1-5(3-8(7)15)6-4-9(20)17-11-10(6)12(21)19-13(16)18-11/h1-3,6H,4H2,(H4,16,17,18,19,20,21). The summed E-state index contributed by atoms with van der Waals surface area (Å²) in [7, 11) is 0. The molecule has 2 aromatic rings. The molecule has 1 aromatic heterocycles. The topological polar surface area (TPSA) is 101 Å². The maximum Gasteiger partial charge on any atom is 0.258 e. The Hall–Kier alpha value is -2.05. The highest BCUT2D eigenvalue weighted by molar-refractivity contribution is 6.42. The lowest BCUT2D eigenvalue weighted by Crippen LogP contribution is -2.31. The Morgan fingerprint density at radius 1 is 1.24 bits per heavy atom. The Morgan fingerprint density at radius 3 is 2.71 bits per heavy atom. The minimum absolute atomic E-state index is 0.0474. The molecule has 21 heavy (non-hydrogen) atoms. The summed E-state index contributed by atoms with van der Waals surface area (Å²) >= 11 is 11.9. The third-order valence-corrected chi connectivity index (χ3v) is 4.05. The number of aromatic nitrogens is 2. The Bertz CT molecular complexity index is 803. The Balaban J connectivity index is 2.19. The lowest BCUT2D eigenvalue weighted by molar-refractivity contribution is -0.116. The van der Waals surface area contributed by atoms with Gasteiger partial charge in [0.15, 0.2) is 0 Å². The summed E-state index contributed by atoms with van der Waals surface area (Å²) in [6.45, 7) is 0. The van der Waals surface area contributed by atoms with Crippen LogP contribution in [0.15, 0.2) is 23.0 Å². The van der Waals surface area contributed by atoms with Crippen molar-refractivity contribution in [1.29, 1.82) is 0 Å². The van der Waals surface area contributed by atoms with E-state index in [0.717, 1.165) is 5.56 Å². The summed E-state index contributed by atoms with van der Waals surface area (Å²) in [4.78, 5) is 30.4. The fourth-order valence-corrected chi connectivity index (χ4v) is 2.71. The average molecular weight is 325 g/mol. The van der Waals surface area contributed by atoms with Crippen LogP contribution in [0, 0.1) is 0 Å². The second kappa shape index (κ2) is 5.05. The molecule has 1 aliphatic rings. The number of nitrogens with one attached hydrogen (secondary N) is 2. The molecule has 1 amide bonds. The van der Waals surface area contributed by atoms with Crippen LogP contribution in [-0.2, 0) is 4.79 Å². The van der Waals surface area contributed by atoms with Crippen LogP contribution >= 0.6 is 23.2 Å². The van der Waals surface area contributed by atoms with Gasteiger partial charge in [0, 0.05) is 12.3 Å². The highest BCUT2D eigenvalue weighted by Gasteiger charge is 2.30. The van der Waals surface area contributed by atoms with Gasteiger partial charge in [0.05, 0.1) is 15.6 Å². The van der Waals surface area contributed by atoms with Crippen molar-refractivity contribution in [1.82, 2.24) is 9.97 Å². The second-order valence-electron chi connectivity index (χ2n) is 4.69. The third kappa shape index (κ3) is 2.48.